The van der Waals surface area contributed by atoms with Crippen LogP contribution in [0.25, 0.3) is 0 Å². The minimum Gasteiger partial charge on any atom is -0.481 e. The Morgan fingerprint density at radius 3 is 3.00 bits per heavy atom. The highest BCUT2D eigenvalue weighted by Crippen LogP contribution is 2.15. The molecule has 1 atom stereocenters. The largest absolute Gasteiger partial charge is 0.481 e. The maximum absolute atomic E-state index is 10.4. The van der Waals surface area contributed by atoms with Crippen molar-refractivity contribution in [3.8, 4) is 0 Å². The Bertz CT molecular complexity index is 325. The van der Waals surface area contributed by atoms with E-state index in [1.54, 1.807) is 18.0 Å². The van der Waals surface area contributed by atoms with Crippen LogP contribution in [0, 0.1) is 0 Å². The van der Waals surface area contributed by atoms with E-state index in [1.807, 2.05) is 24.7 Å². The number of aliphatic carboxylic acids is 1. The molecule has 0 aromatic carbocycles. The van der Waals surface area contributed by atoms with E-state index in [-0.39, 0.29) is 11.7 Å². The minimum absolute atomic E-state index is 0.169. The van der Waals surface area contributed by atoms with Gasteiger partial charge in [0, 0.05) is 36.9 Å². The summed E-state index contributed by atoms with van der Waals surface area (Å²) in [6, 6.07) is 0. The first-order valence-corrected chi connectivity index (χ1v) is 5.94. The van der Waals surface area contributed by atoms with Crippen LogP contribution in [-0.2, 0) is 18.3 Å². The summed E-state index contributed by atoms with van der Waals surface area (Å²) in [5, 5.41) is 8.75. The first-order valence-electron chi connectivity index (χ1n) is 4.89. The predicted molar refractivity (Wildman–Crippen MR) is 61.1 cm³/mol. The van der Waals surface area contributed by atoms with Crippen molar-refractivity contribution in [2.45, 2.75) is 25.0 Å². The lowest BCUT2D eigenvalue weighted by molar-refractivity contribution is -0.136. The molecular formula is C10H16N2O2S. The van der Waals surface area contributed by atoms with Gasteiger partial charge in [-0.3, -0.25) is 4.79 Å². The number of nitrogens with zero attached hydrogens (tertiary/aromatic N) is 2. The second-order valence-electron chi connectivity index (χ2n) is 3.48. The number of hydrogen-bond donors (Lipinski definition) is 1. The Morgan fingerprint density at radius 2 is 2.47 bits per heavy atom. The van der Waals surface area contributed by atoms with Crippen molar-refractivity contribution in [3.63, 3.8) is 0 Å². The van der Waals surface area contributed by atoms with E-state index in [0.29, 0.717) is 0 Å². The van der Waals surface area contributed by atoms with Crippen LogP contribution in [0.4, 0.5) is 0 Å². The second kappa shape index (κ2) is 5.80. The number of carbonyl (C=O) groups is 1. The third kappa shape index (κ3) is 4.38. The van der Waals surface area contributed by atoms with Crippen LogP contribution in [0.5, 0.6) is 0 Å². The van der Waals surface area contributed by atoms with E-state index in [2.05, 4.69) is 4.98 Å². The van der Waals surface area contributed by atoms with Gasteiger partial charge in [-0.25, -0.2) is 4.98 Å². The van der Waals surface area contributed by atoms with E-state index in [0.717, 1.165) is 18.0 Å². The minimum atomic E-state index is -0.730. The van der Waals surface area contributed by atoms with Gasteiger partial charge >= 0.3 is 5.97 Å². The van der Waals surface area contributed by atoms with Crippen molar-refractivity contribution in [2.75, 3.05) is 5.75 Å². The zero-order chi connectivity index (χ0) is 11.3. The molecule has 1 aromatic heterocycles. The number of aryl methyl sites for hydroxylation is 2. The number of aromatic nitrogens is 2. The summed E-state index contributed by atoms with van der Waals surface area (Å²) in [4.78, 5) is 14.6. The monoisotopic (exact) mass is 228 g/mol. The molecule has 0 aliphatic heterocycles. The van der Waals surface area contributed by atoms with E-state index in [9.17, 15) is 4.79 Å². The molecule has 1 rings (SSSR count). The third-order valence-electron chi connectivity index (χ3n) is 2.11. The Balaban J connectivity index is 2.22. The highest BCUT2D eigenvalue weighted by molar-refractivity contribution is 7.99. The Hall–Kier alpha value is -0.970. The summed E-state index contributed by atoms with van der Waals surface area (Å²) in [6.07, 6.45) is 4.81. The van der Waals surface area contributed by atoms with Crippen LogP contribution in [0.15, 0.2) is 12.4 Å². The van der Waals surface area contributed by atoms with Gasteiger partial charge < -0.3 is 9.67 Å². The molecule has 1 unspecified atom stereocenters. The topological polar surface area (TPSA) is 55.1 Å². The SMILES string of the molecule is CC(CC(=O)O)SCCc1nccn1C. The van der Waals surface area contributed by atoms with Crippen molar-refractivity contribution in [1.82, 2.24) is 9.55 Å². The first kappa shape index (κ1) is 12.1. The molecule has 0 saturated heterocycles. The van der Waals surface area contributed by atoms with Gasteiger partial charge in [0.2, 0.25) is 0 Å². The Morgan fingerprint density at radius 1 is 1.73 bits per heavy atom. The lowest BCUT2D eigenvalue weighted by Gasteiger charge is -2.07. The molecule has 0 fully saturated rings. The van der Waals surface area contributed by atoms with E-state index >= 15 is 0 Å². The maximum atomic E-state index is 10.4. The molecule has 0 saturated carbocycles. The fraction of sp³-hybridized carbons (Fsp3) is 0.600. The normalized spacial score (nSPS) is 12.7. The van der Waals surface area contributed by atoms with Crippen molar-refractivity contribution in [1.29, 1.82) is 0 Å². The number of rotatable bonds is 6. The molecule has 0 radical (unpaired) electrons. The number of carboxylic acid groups (broad SMARTS) is 1. The van der Waals surface area contributed by atoms with Crippen LogP contribution >= 0.6 is 11.8 Å². The molecule has 84 valence electrons. The number of carboxylic acids is 1. The van der Waals surface area contributed by atoms with E-state index in [4.69, 9.17) is 5.11 Å². The number of imidazole rings is 1. The van der Waals surface area contributed by atoms with Crippen LogP contribution in [0.3, 0.4) is 0 Å². The zero-order valence-corrected chi connectivity index (χ0v) is 9.83. The molecule has 4 nitrogen and oxygen atoms in total. The van der Waals surface area contributed by atoms with Gasteiger partial charge in [-0.1, -0.05) is 6.92 Å². The fourth-order valence-electron chi connectivity index (χ4n) is 1.29. The molecular weight excluding hydrogens is 212 g/mol. The lowest BCUT2D eigenvalue weighted by Crippen LogP contribution is -2.08. The summed E-state index contributed by atoms with van der Waals surface area (Å²) in [5.74, 6) is 1.23. The summed E-state index contributed by atoms with van der Waals surface area (Å²) < 4.78 is 1.99. The third-order valence-corrected chi connectivity index (χ3v) is 3.29. The van der Waals surface area contributed by atoms with Crippen LogP contribution in [0.1, 0.15) is 19.2 Å². The molecule has 0 aliphatic rings. The van der Waals surface area contributed by atoms with E-state index in [1.165, 1.54) is 0 Å². The summed E-state index contributed by atoms with van der Waals surface area (Å²) in [7, 11) is 1.97. The van der Waals surface area contributed by atoms with Crippen LogP contribution < -0.4 is 0 Å². The number of hydrogen-bond acceptors (Lipinski definition) is 3. The molecule has 15 heavy (non-hydrogen) atoms. The number of thioether (sulfide) groups is 1. The predicted octanol–water partition coefficient (Wildman–Crippen LogP) is 1.56. The summed E-state index contributed by atoms with van der Waals surface area (Å²) in [5.41, 5.74) is 0. The Kier molecular flexibility index (Phi) is 4.68. The zero-order valence-electron chi connectivity index (χ0n) is 9.01. The maximum Gasteiger partial charge on any atom is 0.304 e. The van der Waals surface area contributed by atoms with Gasteiger partial charge in [0.25, 0.3) is 0 Å². The van der Waals surface area contributed by atoms with Crippen molar-refractivity contribution < 1.29 is 9.90 Å². The van der Waals surface area contributed by atoms with Gasteiger partial charge in [0.05, 0.1) is 6.42 Å². The summed E-state index contributed by atoms with van der Waals surface area (Å²) in [6.45, 7) is 1.94. The molecule has 0 spiro atoms. The highest BCUT2D eigenvalue weighted by Gasteiger charge is 2.08. The van der Waals surface area contributed by atoms with Gasteiger partial charge in [0.15, 0.2) is 0 Å². The highest BCUT2D eigenvalue weighted by atomic mass is 32.2. The molecule has 1 aromatic rings. The van der Waals surface area contributed by atoms with Crippen molar-refractivity contribution >= 4 is 17.7 Å². The van der Waals surface area contributed by atoms with Crippen LogP contribution in [0.2, 0.25) is 0 Å². The molecule has 1 heterocycles. The quantitative estimate of drug-likeness (QED) is 0.802. The van der Waals surface area contributed by atoms with Gasteiger partial charge in [-0.2, -0.15) is 11.8 Å². The fourth-order valence-corrected chi connectivity index (χ4v) is 2.26. The first-order chi connectivity index (χ1) is 7.09. The molecule has 0 bridgehead atoms. The Labute approximate surface area is 93.7 Å². The standard InChI is InChI=1S/C10H16N2O2S/c1-8(7-10(13)14)15-6-3-9-11-4-5-12(9)2/h4-5,8H,3,6-7H2,1-2H3,(H,13,14). The molecule has 5 heteroatoms. The second-order valence-corrected chi connectivity index (χ2v) is 5.03. The van der Waals surface area contributed by atoms with E-state index < -0.39 is 5.97 Å². The van der Waals surface area contributed by atoms with Gasteiger partial charge in [-0.15, -0.1) is 0 Å². The van der Waals surface area contributed by atoms with Gasteiger partial charge in [0.1, 0.15) is 5.82 Å². The molecule has 1 N–H and O–H groups in total. The lowest BCUT2D eigenvalue weighted by atomic mass is 10.3. The van der Waals surface area contributed by atoms with Crippen molar-refractivity contribution in [2.24, 2.45) is 7.05 Å². The smallest absolute Gasteiger partial charge is 0.304 e. The molecule has 0 aliphatic carbocycles. The average molecular weight is 228 g/mol. The molecule has 0 amide bonds. The van der Waals surface area contributed by atoms with Crippen molar-refractivity contribution in [3.05, 3.63) is 18.2 Å². The van der Waals surface area contributed by atoms with Crippen LogP contribution in [-0.4, -0.2) is 31.6 Å². The van der Waals surface area contributed by atoms with Gasteiger partial charge in [-0.05, 0) is 0 Å². The summed E-state index contributed by atoms with van der Waals surface area (Å²) >= 11 is 1.68. The average Bonchev–Trinajstić information content (AvgIpc) is 2.50.